The second kappa shape index (κ2) is 5.61. The van der Waals surface area contributed by atoms with Crippen LogP contribution in [0.2, 0.25) is 0 Å². The van der Waals surface area contributed by atoms with E-state index in [9.17, 15) is 19.3 Å². The van der Waals surface area contributed by atoms with Crippen molar-refractivity contribution in [1.29, 1.82) is 0 Å². The largest absolute Gasteiger partial charge is 0.478 e. The summed E-state index contributed by atoms with van der Waals surface area (Å²) in [5.74, 6) is -1.47. The summed E-state index contributed by atoms with van der Waals surface area (Å²) in [6, 6.07) is 4.87. The molecule has 0 aliphatic heterocycles. The first-order chi connectivity index (χ1) is 9.88. The van der Waals surface area contributed by atoms with E-state index < -0.39 is 28.0 Å². The van der Waals surface area contributed by atoms with Gasteiger partial charge in [0.05, 0.1) is 23.1 Å². The number of furan rings is 1. The number of halogens is 1. The van der Waals surface area contributed by atoms with Gasteiger partial charge in [-0.2, -0.15) is 0 Å². The number of carbonyl (C=O) groups is 1. The lowest BCUT2D eigenvalue weighted by Gasteiger charge is -2.07. The summed E-state index contributed by atoms with van der Waals surface area (Å²) < 4.78 is 18.8. The molecule has 21 heavy (non-hydrogen) atoms. The highest BCUT2D eigenvalue weighted by Crippen LogP contribution is 2.28. The monoisotopic (exact) mass is 294 g/mol. The molecule has 2 rings (SSSR count). The fourth-order valence-electron chi connectivity index (χ4n) is 1.78. The van der Waals surface area contributed by atoms with E-state index in [0.29, 0.717) is 17.6 Å². The highest BCUT2D eigenvalue weighted by Gasteiger charge is 2.21. The molecule has 0 aliphatic rings. The number of aromatic carboxylic acids is 1. The minimum atomic E-state index is -1.50. The van der Waals surface area contributed by atoms with Crippen LogP contribution in [-0.2, 0) is 6.54 Å². The van der Waals surface area contributed by atoms with E-state index in [0.717, 1.165) is 6.07 Å². The number of nitrogens with one attached hydrogen (secondary N) is 1. The Kier molecular flexibility index (Phi) is 3.88. The Bertz CT molecular complexity index is 711. The van der Waals surface area contributed by atoms with Gasteiger partial charge in [0.25, 0.3) is 5.69 Å². The maximum absolute atomic E-state index is 13.5. The summed E-state index contributed by atoms with van der Waals surface area (Å²) in [7, 11) is 0. The van der Waals surface area contributed by atoms with Crippen LogP contribution < -0.4 is 5.32 Å². The zero-order chi connectivity index (χ0) is 15.6. The van der Waals surface area contributed by atoms with E-state index in [1.807, 2.05) is 0 Å². The average molecular weight is 294 g/mol. The number of carboxylic acids is 1. The first kappa shape index (κ1) is 14.5. The molecule has 2 N–H and O–H groups in total. The number of hydrogen-bond acceptors (Lipinski definition) is 5. The average Bonchev–Trinajstić information content (AvgIpc) is 2.82. The lowest BCUT2D eigenvalue weighted by atomic mass is 10.1. The van der Waals surface area contributed by atoms with Gasteiger partial charge in [0, 0.05) is 0 Å². The third-order valence-electron chi connectivity index (χ3n) is 2.76. The van der Waals surface area contributed by atoms with Crippen molar-refractivity contribution in [2.24, 2.45) is 0 Å². The molecule has 0 fully saturated rings. The molecule has 0 saturated carbocycles. The van der Waals surface area contributed by atoms with Gasteiger partial charge in [-0.25, -0.2) is 9.18 Å². The van der Waals surface area contributed by atoms with Gasteiger partial charge < -0.3 is 14.8 Å². The molecule has 8 heteroatoms. The number of nitro groups is 1. The minimum absolute atomic E-state index is 0.0900. The molecule has 1 heterocycles. The molecule has 2 aromatic rings. The molecule has 0 aliphatic carbocycles. The summed E-state index contributed by atoms with van der Waals surface area (Å²) in [4.78, 5) is 21.0. The van der Waals surface area contributed by atoms with Crippen LogP contribution in [0.3, 0.4) is 0 Å². The number of carboxylic acid groups (broad SMARTS) is 1. The van der Waals surface area contributed by atoms with Crippen LogP contribution in [-0.4, -0.2) is 16.0 Å². The highest BCUT2D eigenvalue weighted by atomic mass is 19.1. The Morgan fingerprint density at radius 2 is 2.19 bits per heavy atom. The number of anilines is 1. The quantitative estimate of drug-likeness (QED) is 0.648. The van der Waals surface area contributed by atoms with Gasteiger partial charge in [-0.1, -0.05) is 0 Å². The van der Waals surface area contributed by atoms with E-state index in [2.05, 4.69) is 5.32 Å². The van der Waals surface area contributed by atoms with Crippen molar-refractivity contribution in [1.82, 2.24) is 0 Å². The second-order valence-corrected chi connectivity index (χ2v) is 4.28. The molecule has 0 unspecified atom stereocenters. The number of aryl methyl sites for hydroxylation is 1. The van der Waals surface area contributed by atoms with Crippen molar-refractivity contribution in [3.63, 3.8) is 0 Å². The van der Waals surface area contributed by atoms with E-state index in [1.165, 1.54) is 0 Å². The molecule has 0 radical (unpaired) electrons. The first-order valence-corrected chi connectivity index (χ1v) is 5.89. The molecule has 7 nitrogen and oxygen atoms in total. The summed E-state index contributed by atoms with van der Waals surface area (Å²) in [6.07, 6.45) is 0. The lowest BCUT2D eigenvalue weighted by Crippen LogP contribution is -2.07. The van der Waals surface area contributed by atoms with E-state index in [1.54, 1.807) is 19.1 Å². The van der Waals surface area contributed by atoms with Crippen LogP contribution in [0.1, 0.15) is 21.9 Å². The van der Waals surface area contributed by atoms with Gasteiger partial charge in [-0.15, -0.1) is 0 Å². The van der Waals surface area contributed by atoms with E-state index in [4.69, 9.17) is 9.52 Å². The van der Waals surface area contributed by atoms with Gasteiger partial charge in [-0.05, 0) is 25.1 Å². The maximum atomic E-state index is 13.5. The minimum Gasteiger partial charge on any atom is -0.478 e. The Morgan fingerprint density at radius 1 is 1.48 bits per heavy atom. The van der Waals surface area contributed by atoms with Gasteiger partial charge in [0.2, 0.25) is 0 Å². The normalized spacial score (nSPS) is 10.4. The second-order valence-electron chi connectivity index (χ2n) is 4.28. The van der Waals surface area contributed by atoms with Crippen molar-refractivity contribution in [3.05, 3.63) is 57.3 Å². The summed E-state index contributed by atoms with van der Waals surface area (Å²) in [5.41, 5.74) is -1.27. The molecule has 0 amide bonds. The topological polar surface area (TPSA) is 106 Å². The molecular formula is C13H11FN2O5. The van der Waals surface area contributed by atoms with Crippen molar-refractivity contribution in [2.45, 2.75) is 13.5 Å². The molecule has 1 aromatic heterocycles. The Labute approximate surface area is 118 Å². The lowest BCUT2D eigenvalue weighted by molar-refractivity contribution is -0.384. The highest BCUT2D eigenvalue weighted by molar-refractivity contribution is 5.90. The maximum Gasteiger partial charge on any atom is 0.338 e. The Balaban J connectivity index is 2.33. The van der Waals surface area contributed by atoms with Crippen molar-refractivity contribution < 1.29 is 23.6 Å². The number of benzene rings is 1. The summed E-state index contributed by atoms with van der Waals surface area (Å²) in [5, 5.41) is 22.4. The van der Waals surface area contributed by atoms with Gasteiger partial charge >= 0.3 is 5.97 Å². The van der Waals surface area contributed by atoms with Gasteiger partial charge in [0.1, 0.15) is 23.0 Å². The van der Waals surface area contributed by atoms with Crippen LogP contribution in [0.15, 0.2) is 28.7 Å². The number of rotatable bonds is 5. The Hall–Kier alpha value is -2.90. The molecule has 0 saturated heterocycles. The number of nitrogens with zero attached hydrogens (tertiary/aromatic N) is 1. The fraction of sp³-hybridized carbons (Fsp3) is 0.154. The van der Waals surface area contributed by atoms with E-state index >= 15 is 0 Å². The predicted octanol–water partition coefficient (Wildman–Crippen LogP) is 2.95. The number of nitro benzene ring substituents is 1. The third kappa shape index (κ3) is 3.16. The molecule has 0 atom stereocenters. The van der Waals surface area contributed by atoms with Crippen LogP contribution in [0.25, 0.3) is 0 Å². The van der Waals surface area contributed by atoms with Crippen LogP contribution >= 0.6 is 0 Å². The predicted molar refractivity (Wildman–Crippen MR) is 70.8 cm³/mol. The SMILES string of the molecule is Cc1ccc(CNc2cc(C(=O)O)c(F)cc2[N+](=O)[O-])o1. The zero-order valence-corrected chi connectivity index (χ0v) is 10.9. The van der Waals surface area contributed by atoms with Crippen molar-refractivity contribution in [2.75, 3.05) is 5.32 Å². The fourth-order valence-corrected chi connectivity index (χ4v) is 1.78. The van der Waals surface area contributed by atoms with Crippen molar-refractivity contribution in [3.8, 4) is 0 Å². The molecule has 0 bridgehead atoms. The molecular weight excluding hydrogens is 283 g/mol. The van der Waals surface area contributed by atoms with Crippen molar-refractivity contribution >= 4 is 17.3 Å². The number of hydrogen-bond donors (Lipinski definition) is 2. The van der Waals surface area contributed by atoms with Crippen LogP contribution in [0.4, 0.5) is 15.8 Å². The Morgan fingerprint density at radius 3 is 2.71 bits per heavy atom. The summed E-state index contributed by atoms with van der Waals surface area (Å²) >= 11 is 0. The summed E-state index contributed by atoms with van der Waals surface area (Å²) in [6.45, 7) is 1.85. The molecule has 0 spiro atoms. The van der Waals surface area contributed by atoms with Crippen LogP contribution in [0, 0.1) is 22.9 Å². The van der Waals surface area contributed by atoms with Crippen LogP contribution in [0.5, 0.6) is 0 Å². The van der Waals surface area contributed by atoms with E-state index in [-0.39, 0.29) is 12.2 Å². The van der Waals surface area contributed by atoms with Gasteiger partial charge in [-0.3, -0.25) is 10.1 Å². The molecule has 110 valence electrons. The third-order valence-corrected chi connectivity index (χ3v) is 2.76. The smallest absolute Gasteiger partial charge is 0.338 e. The zero-order valence-electron chi connectivity index (χ0n) is 10.9. The molecule has 1 aromatic carbocycles. The van der Waals surface area contributed by atoms with Gasteiger partial charge in [0.15, 0.2) is 0 Å². The first-order valence-electron chi connectivity index (χ1n) is 5.89. The standard InChI is InChI=1S/C13H11FN2O5/c1-7-2-3-8(21-7)6-15-11-4-9(13(17)18)10(14)5-12(11)16(19)20/h2-5,15H,6H2,1H3,(H,17,18).